The molecule has 1 aromatic carbocycles. The topological polar surface area (TPSA) is 102 Å². The van der Waals surface area contributed by atoms with Crippen molar-refractivity contribution >= 4 is 23.5 Å². The summed E-state index contributed by atoms with van der Waals surface area (Å²) in [6, 6.07) is 8.22. The van der Waals surface area contributed by atoms with Gasteiger partial charge in [0.25, 0.3) is 5.91 Å². The zero-order chi connectivity index (χ0) is 18.1. The fraction of sp³-hybridized carbons (Fsp3) is 0.294. The highest BCUT2D eigenvalue weighted by Gasteiger charge is 2.09. The van der Waals surface area contributed by atoms with E-state index in [4.69, 9.17) is 9.47 Å². The molecule has 8 heteroatoms. The van der Waals surface area contributed by atoms with Crippen LogP contribution in [0.3, 0.4) is 0 Å². The summed E-state index contributed by atoms with van der Waals surface area (Å²) in [6.45, 7) is 2.90. The Morgan fingerprint density at radius 2 is 1.92 bits per heavy atom. The highest BCUT2D eigenvalue weighted by molar-refractivity contribution is 5.92. The maximum Gasteiger partial charge on any atom is 0.338 e. The van der Waals surface area contributed by atoms with Gasteiger partial charge in [0.1, 0.15) is 5.69 Å². The molecule has 0 fully saturated rings. The van der Waals surface area contributed by atoms with Gasteiger partial charge < -0.3 is 20.1 Å². The van der Waals surface area contributed by atoms with Crippen LogP contribution in [0.1, 0.15) is 27.8 Å². The largest absolute Gasteiger partial charge is 0.462 e. The second-order valence-corrected chi connectivity index (χ2v) is 4.94. The summed E-state index contributed by atoms with van der Waals surface area (Å²) >= 11 is 0. The van der Waals surface area contributed by atoms with E-state index < -0.39 is 0 Å². The summed E-state index contributed by atoms with van der Waals surface area (Å²) in [4.78, 5) is 31.8. The van der Waals surface area contributed by atoms with Gasteiger partial charge >= 0.3 is 5.97 Å². The van der Waals surface area contributed by atoms with Gasteiger partial charge in [0.15, 0.2) is 0 Å². The van der Waals surface area contributed by atoms with E-state index in [-0.39, 0.29) is 23.5 Å². The van der Waals surface area contributed by atoms with E-state index in [1.165, 1.54) is 12.3 Å². The van der Waals surface area contributed by atoms with E-state index in [1.54, 1.807) is 38.3 Å². The molecular weight excluding hydrogens is 324 g/mol. The van der Waals surface area contributed by atoms with Gasteiger partial charge in [-0.15, -0.1) is 0 Å². The summed E-state index contributed by atoms with van der Waals surface area (Å²) in [7, 11) is 1.56. The van der Waals surface area contributed by atoms with Gasteiger partial charge in [-0.1, -0.05) is 0 Å². The molecule has 0 atom stereocenters. The van der Waals surface area contributed by atoms with Crippen molar-refractivity contribution < 1.29 is 19.1 Å². The Hall–Kier alpha value is -3.00. The van der Waals surface area contributed by atoms with Gasteiger partial charge in [0.2, 0.25) is 5.95 Å². The first-order valence-electron chi connectivity index (χ1n) is 7.78. The Morgan fingerprint density at radius 1 is 1.16 bits per heavy atom. The lowest BCUT2D eigenvalue weighted by molar-refractivity contribution is 0.0526. The third-order valence-electron chi connectivity index (χ3n) is 3.13. The first kappa shape index (κ1) is 18.3. The Bertz CT molecular complexity index is 719. The van der Waals surface area contributed by atoms with Gasteiger partial charge in [-0.3, -0.25) is 4.79 Å². The van der Waals surface area contributed by atoms with Crippen LogP contribution in [0.4, 0.5) is 11.6 Å². The van der Waals surface area contributed by atoms with Crippen LogP contribution in [0.25, 0.3) is 0 Å². The Kier molecular flexibility index (Phi) is 6.85. The Balaban J connectivity index is 2.01. The van der Waals surface area contributed by atoms with E-state index in [0.29, 0.717) is 31.0 Å². The van der Waals surface area contributed by atoms with Crippen molar-refractivity contribution in [3.63, 3.8) is 0 Å². The molecule has 25 heavy (non-hydrogen) atoms. The minimum absolute atomic E-state index is 0.247. The van der Waals surface area contributed by atoms with Crippen molar-refractivity contribution in [2.24, 2.45) is 0 Å². The van der Waals surface area contributed by atoms with Gasteiger partial charge in [-0.05, 0) is 37.3 Å². The molecule has 2 rings (SSSR count). The first-order chi connectivity index (χ1) is 12.1. The van der Waals surface area contributed by atoms with Crippen molar-refractivity contribution in [2.75, 3.05) is 32.2 Å². The lowest BCUT2D eigenvalue weighted by atomic mass is 10.2. The highest BCUT2D eigenvalue weighted by Crippen LogP contribution is 2.14. The molecule has 0 unspecified atom stereocenters. The predicted octanol–water partition coefficient (Wildman–Crippen LogP) is 1.77. The van der Waals surface area contributed by atoms with Crippen LogP contribution in [0, 0.1) is 0 Å². The number of hydrogen-bond donors (Lipinski definition) is 2. The molecular formula is C17H20N4O4. The molecule has 8 nitrogen and oxygen atoms in total. The maximum absolute atomic E-state index is 12.0. The minimum Gasteiger partial charge on any atom is -0.462 e. The molecule has 0 aliphatic heterocycles. The summed E-state index contributed by atoms with van der Waals surface area (Å²) in [5.41, 5.74) is 1.39. The standard InChI is InChI=1S/C17H20N4O4/c1-3-25-16(23)12-4-6-13(7-5-12)20-17-19-9-8-14(21-17)15(22)18-10-11-24-2/h4-9H,3,10-11H2,1-2H3,(H,18,22)(H,19,20,21). The zero-order valence-electron chi connectivity index (χ0n) is 14.1. The molecule has 132 valence electrons. The minimum atomic E-state index is -0.375. The molecule has 0 radical (unpaired) electrons. The monoisotopic (exact) mass is 344 g/mol. The van der Waals surface area contributed by atoms with E-state index in [1.807, 2.05) is 0 Å². The smallest absolute Gasteiger partial charge is 0.338 e. The van der Waals surface area contributed by atoms with Crippen molar-refractivity contribution in [3.05, 3.63) is 47.8 Å². The Labute approximate surface area is 145 Å². The van der Waals surface area contributed by atoms with E-state index in [0.717, 1.165) is 0 Å². The predicted molar refractivity (Wildman–Crippen MR) is 91.9 cm³/mol. The summed E-state index contributed by atoms with van der Waals surface area (Å²) in [5, 5.41) is 5.68. The van der Waals surface area contributed by atoms with E-state index >= 15 is 0 Å². The number of aromatic nitrogens is 2. The zero-order valence-corrected chi connectivity index (χ0v) is 14.1. The van der Waals surface area contributed by atoms with E-state index in [2.05, 4.69) is 20.6 Å². The van der Waals surface area contributed by atoms with Crippen molar-refractivity contribution in [3.8, 4) is 0 Å². The molecule has 0 bridgehead atoms. The van der Waals surface area contributed by atoms with Gasteiger partial charge in [-0.25, -0.2) is 14.8 Å². The molecule has 0 saturated carbocycles. The normalized spacial score (nSPS) is 10.2. The lowest BCUT2D eigenvalue weighted by Gasteiger charge is -2.08. The van der Waals surface area contributed by atoms with Crippen LogP contribution in [-0.4, -0.2) is 48.7 Å². The van der Waals surface area contributed by atoms with Gasteiger partial charge in [0, 0.05) is 25.5 Å². The molecule has 0 aliphatic rings. The number of anilines is 2. The van der Waals surface area contributed by atoms with Crippen LogP contribution in [0.15, 0.2) is 36.5 Å². The highest BCUT2D eigenvalue weighted by atomic mass is 16.5. The maximum atomic E-state index is 12.0. The SMILES string of the molecule is CCOC(=O)c1ccc(Nc2nccc(C(=O)NCCOC)n2)cc1. The number of ether oxygens (including phenoxy) is 2. The van der Waals surface area contributed by atoms with Crippen LogP contribution < -0.4 is 10.6 Å². The number of carbonyl (C=O) groups is 2. The fourth-order valence-corrected chi connectivity index (χ4v) is 1.94. The molecule has 2 aromatic rings. The lowest BCUT2D eigenvalue weighted by Crippen LogP contribution is -2.27. The summed E-state index contributed by atoms with van der Waals surface area (Å²) in [5.74, 6) is -0.400. The second kappa shape index (κ2) is 9.33. The van der Waals surface area contributed by atoms with E-state index in [9.17, 15) is 9.59 Å². The number of hydrogen-bond acceptors (Lipinski definition) is 7. The van der Waals surface area contributed by atoms with Crippen LogP contribution in [0.5, 0.6) is 0 Å². The molecule has 0 spiro atoms. The average molecular weight is 344 g/mol. The third kappa shape index (κ3) is 5.54. The number of benzene rings is 1. The second-order valence-electron chi connectivity index (χ2n) is 4.94. The molecule has 2 N–H and O–H groups in total. The van der Waals surface area contributed by atoms with Crippen LogP contribution in [0.2, 0.25) is 0 Å². The molecule has 1 heterocycles. The third-order valence-corrected chi connectivity index (χ3v) is 3.13. The van der Waals surface area contributed by atoms with Crippen LogP contribution in [-0.2, 0) is 9.47 Å². The molecule has 1 amide bonds. The van der Waals surface area contributed by atoms with Crippen molar-refractivity contribution in [2.45, 2.75) is 6.92 Å². The van der Waals surface area contributed by atoms with Gasteiger partial charge in [0.05, 0.1) is 18.8 Å². The molecule has 0 aliphatic carbocycles. The van der Waals surface area contributed by atoms with Gasteiger partial charge in [-0.2, -0.15) is 0 Å². The van der Waals surface area contributed by atoms with Crippen molar-refractivity contribution in [1.29, 1.82) is 0 Å². The number of rotatable bonds is 8. The quantitative estimate of drug-likeness (QED) is 0.556. The number of carbonyl (C=O) groups excluding carboxylic acids is 2. The Morgan fingerprint density at radius 3 is 2.60 bits per heavy atom. The molecule has 0 saturated heterocycles. The molecule has 1 aromatic heterocycles. The number of nitrogens with one attached hydrogen (secondary N) is 2. The first-order valence-corrected chi connectivity index (χ1v) is 7.78. The number of nitrogens with zero attached hydrogens (tertiary/aromatic N) is 2. The number of esters is 1. The summed E-state index contributed by atoms with van der Waals surface area (Å²) < 4.78 is 9.81. The average Bonchev–Trinajstić information content (AvgIpc) is 2.63. The number of methoxy groups -OCH3 is 1. The summed E-state index contributed by atoms with van der Waals surface area (Å²) in [6.07, 6.45) is 1.49. The van der Waals surface area contributed by atoms with Crippen molar-refractivity contribution in [1.82, 2.24) is 15.3 Å². The fourth-order valence-electron chi connectivity index (χ4n) is 1.94. The number of amides is 1. The van der Waals surface area contributed by atoms with Crippen LogP contribution >= 0.6 is 0 Å².